The molecule has 4 nitrogen and oxygen atoms in total. The van der Waals surface area contributed by atoms with Crippen LogP contribution in [0.4, 0.5) is 0 Å². The van der Waals surface area contributed by atoms with Crippen LogP contribution in [-0.2, 0) is 5.41 Å². The molecule has 4 heterocycles. The summed E-state index contributed by atoms with van der Waals surface area (Å²) in [6, 6.07) is 39.8. The highest BCUT2D eigenvalue weighted by Gasteiger charge is 2.36. The molecule has 8 rings (SSSR count). The SMILES string of the molecule is CC1(C)c2ccccc2Sc2ccc3c(c21)c1cccnc1n3-c1cccc(Oc2cccc(-c3ccccn3)c2)c1. The summed E-state index contributed by atoms with van der Waals surface area (Å²) in [6.07, 6.45) is 3.69. The van der Waals surface area contributed by atoms with Crippen molar-refractivity contribution < 1.29 is 4.74 Å². The third-order valence-electron chi connectivity index (χ3n) is 8.17. The first-order chi connectivity index (χ1) is 20.6. The molecule has 0 N–H and O–H groups in total. The van der Waals surface area contributed by atoms with Crippen LogP contribution in [-0.4, -0.2) is 14.5 Å². The maximum absolute atomic E-state index is 6.40. The number of nitrogens with zero attached hydrogens (tertiary/aromatic N) is 3. The highest BCUT2D eigenvalue weighted by Crippen LogP contribution is 2.53. The van der Waals surface area contributed by atoms with Crippen molar-refractivity contribution in [3.8, 4) is 28.4 Å². The predicted molar refractivity (Wildman–Crippen MR) is 171 cm³/mol. The van der Waals surface area contributed by atoms with Crippen LogP contribution in [0.5, 0.6) is 11.5 Å². The highest BCUT2D eigenvalue weighted by molar-refractivity contribution is 7.99. The summed E-state index contributed by atoms with van der Waals surface area (Å²) in [5.41, 5.74) is 7.59. The minimum Gasteiger partial charge on any atom is -0.457 e. The van der Waals surface area contributed by atoms with Crippen LogP contribution in [0.25, 0.3) is 38.9 Å². The van der Waals surface area contributed by atoms with Crippen LogP contribution in [0.2, 0.25) is 0 Å². The monoisotopic (exact) mass is 561 g/mol. The Hall–Kier alpha value is -4.87. The van der Waals surface area contributed by atoms with E-state index in [1.165, 1.54) is 26.3 Å². The average Bonchev–Trinajstić information content (AvgIpc) is 3.36. The number of benzene rings is 4. The summed E-state index contributed by atoms with van der Waals surface area (Å²) in [7, 11) is 0. The van der Waals surface area contributed by atoms with E-state index in [9.17, 15) is 0 Å². The van der Waals surface area contributed by atoms with Crippen molar-refractivity contribution in [2.75, 3.05) is 0 Å². The number of hydrogen-bond acceptors (Lipinski definition) is 4. The molecule has 0 spiro atoms. The van der Waals surface area contributed by atoms with Gasteiger partial charge in [-0.15, -0.1) is 0 Å². The Morgan fingerprint density at radius 1 is 0.690 bits per heavy atom. The van der Waals surface area contributed by atoms with Gasteiger partial charge in [-0.2, -0.15) is 0 Å². The number of ether oxygens (including phenoxy) is 1. The van der Waals surface area contributed by atoms with Crippen molar-refractivity contribution in [1.29, 1.82) is 0 Å². The number of fused-ring (bicyclic) bond motifs is 6. The molecule has 1 aliphatic heterocycles. The standard InChI is InChI=1S/C37H27N3OS/c1-37(2)29-15-3-4-17-32(29)42-33-19-18-31-34(35(33)37)28-14-9-21-39-36(28)40(31)25-11-8-13-27(23-25)41-26-12-7-10-24(22-26)30-16-5-6-20-38-30/h3-23H,1-2H3. The van der Waals surface area contributed by atoms with Gasteiger partial charge in [0.25, 0.3) is 0 Å². The highest BCUT2D eigenvalue weighted by atomic mass is 32.2. The molecule has 0 saturated carbocycles. The van der Waals surface area contributed by atoms with Gasteiger partial charge in [-0.3, -0.25) is 9.55 Å². The first kappa shape index (κ1) is 24.9. The zero-order valence-electron chi connectivity index (χ0n) is 23.3. The van der Waals surface area contributed by atoms with Gasteiger partial charge in [0.2, 0.25) is 0 Å². The molecule has 4 aromatic carbocycles. The number of hydrogen-bond donors (Lipinski definition) is 0. The third kappa shape index (κ3) is 3.92. The van der Waals surface area contributed by atoms with E-state index < -0.39 is 0 Å². The van der Waals surface area contributed by atoms with E-state index in [0.29, 0.717) is 0 Å². The second-order valence-corrected chi connectivity index (χ2v) is 12.2. The van der Waals surface area contributed by atoms with Crippen molar-refractivity contribution in [2.24, 2.45) is 0 Å². The Morgan fingerprint density at radius 2 is 1.50 bits per heavy atom. The van der Waals surface area contributed by atoms with Gasteiger partial charge in [0.05, 0.1) is 16.9 Å². The summed E-state index contributed by atoms with van der Waals surface area (Å²) >= 11 is 1.86. The molecule has 0 bridgehead atoms. The van der Waals surface area contributed by atoms with Crippen LogP contribution in [0, 0.1) is 0 Å². The lowest BCUT2D eigenvalue weighted by molar-refractivity contribution is 0.482. The zero-order chi connectivity index (χ0) is 28.3. The summed E-state index contributed by atoms with van der Waals surface area (Å²) < 4.78 is 8.67. The Kier molecular flexibility index (Phi) is 5.69. The summed E-state index contributed by atoms with van der Waals surface area (Å²) in [6.45, 7) is 4.69. The average molecular weight is 562 g/mol. The summed E-state index contributed by atoms with van der Waals surface area (Å²) in [4.78, 5) is 12.0. The molecule has 5 heteroatoms. The lowest BCUT2D eigenvalue weighted by atomic mass is 9.76. The molecule has 0 aliphatic carbocycles. The second kappa shape index (κ2) is 9.61. The quantitative estimate of drug-likeness (QED) is 0.214. The van der Waals surface area contributed by atoms with E-state index in [4.69, 9.17) is 9.72 Å². The first-order valence-corrected chi connectivity index (χ1v) is 14.9. The zero-order valence-corrected chi connectivity index (χ0v) is 24.1. The summed E-state index contributed by atoms with van der Waals surface area (Å²) in [5.74, 6) is 1.53. The maximum Gasteiger partial charge on any atom is 0.145 e. The lowest BCUT2D eigenvalue weighted by Gasteiger charge is -2.35. The van der Waals surface area contributed by atoms with Gasteiger partial charge in [0.15, 0.2) is 0 Å². The Balaban J connectivity index is 1.27. The molecule has 0 saturated heterocycles. The molecule has 0 fully saturated rings. The molecular weight excluding hydrogens is 534 g/mol. The molecule has 0 radical (unpaired) electrons. The van der Waals surface area contributed by atoms with Crippen molar-refractivity contribution in [3.63, 3.8) is 0 Å². The smallest absolute Gasteiger partial charge is 0.145 e. The Labute approximate surface area is 248 Å². The first-order valence-electron chi connectivity index (χ1n) is 14.1. The molecule has 1 aliphatic rings. The molecule has 42 heavy (non-hydrogen) atoms. The van der Waals surface area contributed by atoms with Gasteiger partial charge in [0, 0.05) is 50.0 Å². The van der Waals surface area contributed by atoms with Gasteiger partial charge < -0.3 is 4.74 Å². The largest absolute Gasteiger partial charge is 0.457 e. The van der Waals surface area contributed by atoms with Crippen molar-refractivity contribution >= 4 is 33.7 Å². The van der Waals surface area contributed by atoms with Crippen molar-refractivity contribution in [2.45, 2.75) is 29.1 Å². The van der Waals surface area contributed by atoms with Crippen LogP contribution >= 0.6 is 11.8 Å². The van der Waals surface area contributed by atoms with Crippen LogP contribution in [0.3, 0.4) is 0 Å². The second-order valence-electron chi connectivity index (χ2n) is 11.1. The normalized spacial score (nSPS) is 13.6. The van der Waals surface area contributed by atoms with Crippen molar-refractivity contribution in [3.05, 3.63) is 139 Å². The van der Waals surface area contributed by atoms with E-state index in [0.717, 1.165) is 45.0 Å². The molecular formula is C37H27N3OS. The topological polar surface area (TPSA) is 39.9 Å². The maximum atomic E-state index is 6.40. The van der Waals surface area contributed by atoms with Crippen LogP contribution in [0.1, 0.15) is 25.0 Å². The molecule has 202 valence electrons. The third-order valence-corrected chi connectivity index (χ3v) is 9.30. The number of pyridine rings is 2. The van der Waals surface area contributed by atoms with Gasteiger partial charge >= 0.3 is 0 Å². The minimum atomic E-state index is -0.158. The van der Waals surface area contributed by atoms with E-state index in [-0.39, 0.29) is 5.41 Å². The van der Waals surface area contributed by atoms with E-state index in [1.54, 1.807) is 0 Å². The van der Waals surface area contributed by atoms with Gasteiger partial charge in [0.1, 0.15) is 17.1 Å². The summed E-state index contributed by atoms with van der Waals surface area (Å²) in [5, 5.41) is 2.42. The van der Waals surface area contributed by atoms with E-state index >= 15 is 0 Å². The number of aromatic nitrogens is 3. The fourth-order valence-corrected chi connectivity index (χ4v) is 7.69. The predicted octanol–water partition coefficient (Wildman–Crippen LogP) is 9.82. The molecule has 0 unspecified atom stereocenters. The van der Waals surface area contributed by atoms with Gasteiger partial charge in [-0.25, -0.2) is 4.98 Å². The Bertz CT molecular complexity index is 2130. The molecule has 0 amide bonds. The fourth-order valence-electron chi connectivity index (χ4n) is 6.28. The van der Waals surface area contributed by atoms with E-state index in [1.807, 2.05) is 84.8 Å². The number of rotatable bonds is 4. The van der Waals surface area contributed by atoms with Crippen LogP contribution < -0.4 is 4.74 Å². The van der Waals surface area contributed by atoms with Crippen LogP contribution in [0.15, 0.2) is 137 Å². The lowest BCUT2D eigenvalue weighted by Crippen LogP contribution is -2.24. The molecule has 7 aromatic rings. The van der Waals surface area contributed by atoms with Gasteiger partial charge in [-0.05, 0) is 77.9 Å². The Morgan fingerprint density at radius 3 is 2.38 bits per heavy atom. The molecule has 3 aromatic heterocycles. The van der Waals surface area contributed by atoms with Gasteiger partial charge in [-0.1, -0.05) is 68.1 Å². The fraction of sp³-hybridized carbons (Fsp3) is 0.0811. The van der Waals surface area contributed by atoms with Crippen molar-refractivity contribution in [1.82, 2.24) is 14.5 Å². The van der Waals surface area contributed by atoms with E-state index in [2.05, 4.69) is 78.0 Å². The molecule has 0 atom stereocenters. The minimum absolute atomic E-state index is 0.158.